The van der Waals surface area contributed by atoms with Gasteiger partial charge in [-0.25, -0.2) is 0 Å². The summed E-state index contributed by atoms with van der Waals surface area (Å²) in [4.78, 5) is 0. The summed E-state index contributed by atoms with van der Waals surface area (Å²) in [5, 5.41) is 0. The molecule has 0 aliphatic heterocycles. The molecule has 0 saturated carbocycles. The summed E-state index contributed by atoms with van der Waals surface area (Å²) in [5.74, 6) is 0.492. The standard InChI is InChI=1S/C12H14O/c1-2-6-11(5-1)9-13-10-12-7-3-4-8-12/h1-3,5-8,11H,4,9-10H2. The van der Waals surface area contributed by atoms with Crippen molar-refractivity contribution in [1.82, 2.24) is 0 Å². The van der Waals surface area contributed by atoms with Crippen LogP contribution in [0.3, 0.4) is 0 Å². The van der Waals surface area contributed by atoms with Crippen molar-refractivity contribution in [3.8, 4) is 0 Å². The van der Waals surface area contributed by atoms with Gasteiger partial charge in [0.05, 0.1) is 13.2 Å². The van der Waals surface area contributed by atoms with Crippen LogP contribution in [0.4, 0.5) is 0 Å². The van der Waals surface area contributed by atoms with Crippen molar-refractivity contribution in [2.45, 2.75) is 6.42 Å². The second-order valence-corrected chi connectivity index (χ2v) is 3.37. The fourth-order valence-corrected chi connectivity index (χ4v) is 1.52. The molecule has 0 aromatic rings. The van der Waals surface area contributed by atoms with Gasteiger partial charge in [0, 0.05) is 5.92 Å². The topological polar surface area (TPSA) is 9.23 Å². The summed E-state index contributed by atoms with van der Waals surface area (Å²) in [6, 6.07) is 0. The first-order valence-electron chi connectivity index (χ1n) is 4.73. The fourth-order valence-electron chi connectivity index (χ4n) is 1.52. The number of ether oxygens (including phenoxy) is 1. The maximum atomic E-state index is 5.58. The highest BCUT2D eigenvalue weighted by Crippen LogP contribution is 2.12. The van der Waals surface area contributed by atoms with Gasteiger partial charge < -0.3 is 4.74 Å². The molecule has 0 spiro atoms. The van der Waals surface area contributed by atoms with Crippen LogP contribution >= 0.6 is 0 Å². The fraction of sp³-hybridized carbons (Fsp3) is 0.333. The van der Waals surface area contributed by atoms with Crippen molar-refractivity contribution in [3.63, 3.8) is 0 Å². The lowest BCUT2D eigenvalue weighted by molar-refractivity contribution is 0.146. The zero-order valence-corrected chi connectivity index (χ0v) is 7.65. The van der Waals surface area contributed by atoms with Crippen LogP contribution in [0.25, 0.3) is 0 Å². The van der Waals surface area contributed by atoms with Gasteiger partial charge in [-0.1, -0.05) is 42.5 Å². The predicted octanol–water partition coefficient (Wildman–Crippen LogP) is 2.63. The van der Waals surface area contributed by atoms with Gasteiger partial charge >= 0.3 is 0 Å². The van der Waals surface area contributed by atoms with E-state index in [1.54, 1.807) is 0 Å². The van der Waals surface area contributed by atoms with Crippen molar-refractivity contribution in [2.24, 2.45) is 5.92 Å². The van der Waals surface area contributed by atoms with Crippen LogP contribution in [-0.4, -0.2) is 13.2 Å². The van der Waals surface area contributed by atoms with E-state index >= 15 is 0 Å². The molecule has 0 fully saturated rings. The number of allylic oxidation sites excluding steroid dienone is 4. The highest BCUT2D eigenvalue weighted by Gasteiger charge is 2.04. The lowest BCUT2D eigenvalue weighted by atomic mass is 10.2. The zero-order chi connectivity index (χ0) is 8.93. The van der Waals surface area contributed by atoms with Crippen LogP contribution in [0.1, 0.15) is 6.42 Å². The van der Waals surface area contributed by atoms with E-state index in [4.69, 9.17) is 4.74 Å². The molecule has 0 saturated heterocycles. The van der Waals surface area contributed by atoms with E-state index in [9.17, 15) is 0 Å². The van der Waals surface area contributed by atoms with E-state index < -0.39 is 0 Å². The molecule has 0 amide bonds. The summed E-state index contributed by atoms with van der Waals surface area (Å²) in [5.41, 5.74) is 1.31. The lowest BCUT2D eigenvalue weighted by Gasteiger charge is -2.06. The van der Waals surface area contributed by atoms with Crippen LogP contribution in [-0.2, 0) is 4.74 Å². The third-order valence-corrected chi connectivity index (χ3v) is 2.25. The number of rotatable bonds is 4. The first kappa shape index (κ1) is 8.52. The lowest BCUT2D eigenvalue weighted by Crippen LogP contribution is -2.04. The van der Waals surface area contributed by atoms with Gasteiger partial charge in [-0.15, -0.1) is 0 Å². The van der Waals surface area contributed by atoms with Crippen molar-refractivity contribution >= 4 is 0 Å². The van der Waals surface area contributed by atoms with Crippen LogP contribution in [0, 0.1) is 5.92 Å². The molecule has 13 heavy (non-hydrogen) atoms. The Kier molecular flexibility index (Phi) is 2.78. The molecule has 0 aromatic heterocycles. The van der Waals surface area contributed by atoms with Crippen molar-refractivity contribution < 1.29 is 4.74 Å². The first-order valence-corrected chi connectivity index (χ1v) is 4.73. The summed E-state index contributed by atoms with van der Waals surface area (Å²) in [6.07, 6.45) is 16.1. The SMILES string of the molecule is C1=CC(COCC2=CCC=C2)C=C1. The molecule has 0 aromatic carbocycles. The Morgan fingerprint density at radius 2 is 2.15 bits per heavy atom. The molecule has 2 aliphatic carbocycles. The van der Waals surface area contributed by atoms with Crippen LogP contribution in [0.2, 0.25) is 0 Å². The minimum atomic E-state index is 0.492. The Morgan fingerprint density at radius 1 is 1.31 bits per heavy atom. The molecule has 0 radical (unpaired) electrons. The first-order chi connectivity index (χ1) is 6.45. The molecular formula is C12H14O. The Hall–Kier alpha value is -1.08. The third kappa shape index (κ3) is 2.43. The van der Waals surface area contributed by atoms with E-state index in [0.717, 1.165) is 19.6 Å². The molecular weight excluding hydrogens is 160 g/mol. The zero-order valence-electron chi connectivity index (χ0n) is 7.65. The quantitative estimate of drug-likeness (QED) is 0.636. The molecule has 0 N–H and O–H groups in total. The normalized spacial score (nSPS) is 20.2. The van der Waals surface area contributed by atoms with Crippen molar-refractivity contribution in [3.05, 3.63) is 48.1 Å². The maximum Gasteiger partial charge on any atom is 0.0714 e. The second-order valence-electron chi connectivity index (χ2n) is 3.37. The summed E-state index contributed by atoms with van der Waals surface area (Å²) >= 11 is 0. The Balaban J connectivity index is 1.66. The molecule has 1 nitrogen and oxygen atoms in total. The maximum absolute atomic E-state index is 5.58. The van der Waals surface area contributed by atoms with Crippen molar-refractivity contribution in [1.29, 1.82) is 0 Å². The van der Waals surface area contributed by atoms with Crippen LogP contribution < -0.4 is 0 Å². The van der Waals surface area contributed by atoms with Crippen LogP contribution in [0.5, 0.6) is 0 Å². The van der Waals surface area contributed by atoms with Gasteiger partial charge in [-0.05, 0) is 12.0 Å². The van der Waals surface area contributed by atoms with E-state index in [-0.39, 0.29) is 0 Å². The smallest absolute Gasteiger partial charge is 0.0714 e. The van der Waals surface area contributed by atoms with Gasteiger partial charge in [-0.3, -0.25) is 0 Å². The highest BCUT2D eigenvalue weighted by molar-refractivity contribution is 5.26. The molecule has 1 heteroatoms. The Bertz CT molecular complexity index is 269. The average Bonchev–Trinajstić information content (AvgIpc) is 2.75. The van der Waals surface area contributed by atoms with Crippen molar-refractivity contribution in [2.75, 3.05) is 13.2 Å². The van der Waals surface area contributed by atoms with Gasteiger partial charge in [-0.2, -0.15) is 0 Å². The van der Waals surface area contributed by atoms with Gasteiger partial charge in [0.25, 0.3) is 0 Å². The van der Waals surface area contributed by atoms with Gasteiger partial charge in [0.1, 0.15) is 0 Å². The molecule has 0 unspecified atom stereocenters. The summed E-state index contributed by atoms with van der Waals surface area (Å²) in [6.45, 7) is 1.56. The second kappa shape index (κ2) is 4.24. The van der Waals surface area contributed by atoms with Gasteiger partial charge in [0.2, 0.25) is 0 Å². The molecule has 0 heterocycles. The third-order valence-electron chi connectivity index (χ3n) is 2.25. The predicted molar refractivity (Wildman–Crippen MR) is 54.4 cm³/mol. The minimum absolute atomic E-state index is 0.492. The minimum Gasteiger partial charge on any atom is -0.376 e. The van der Waals surface area contributed by atoms with E-state index in [0.29, 0.717) is 5.92 Å². The van der Waals surface area contributed by atoms with E-state index in [1.165, 1.54) is 5.57 Å². The van der Waals surface area contributed by atoms with Crippen LogP contribution in [0.15, 0.2) is 48.1 Å². The van der Waals surface area contributed by atoms with E-state index in [1.807, 2.05) is 0 Å². The summed E-state index contributed by atoms with van der Waals surface area (Å²) in [7, 11) is 0. The molecule has 0 bridgehead atoms. The van der Waals surface area contributed by atoms with Gasteiger partial charge in [0.15, 0.2) is 0 Å². The summed E-state index contributed by atoms with van der Waals surface area (Å²) < 4.78 is 5.58. The molecule has 0 atom stereocenters. The molecule has 68 valence electrons. The largest absolute Gasteiger partial charge is 0.376 e. The molecule has 2 aliphatic rings. The number of hydrogen-bond acceptors (Lipinski definition) is 1. The monoisotopic (exact) mass is 174 g/mol. The Labute approximate surface area is 79.1 Å². The number of hydrogen-bond donors (Lipinski definition) is 0. The highest BCUT2D eigenvalue weighted by atomic mass is 16.5. The van der Waals surface area contributed by atoms with E-state index in [2.05, 4.69) is 42.5 Å². The Morgan fingerprint density at radius 3 is 2.85 bits per heavy atom. The molecule has 2 rings (SSSR count). The average molecular weight is 174 g/mol.